The highest BCUT2D eigenvalue weighted by molar-refractivity contribution is 5.98. The number of carboxylic acids is 1. The number of benzene rings is 1. The Kier molecular flexibility index (Phi) is 4.91. The number of nitrogens with zero attached hydrogens (tertiary/aromatic N) is 2. The quantitative estimate of drug-likeness (QED) is 0.851. The van der Waals surface area contributed by atoms with E-state index in [2.05, 4.69) is 4.98 Å². The molecule has 1 aromatic carbocycles. The number of aliphatic carboxylic acids is 1. The number of imidazole rings is 1. The number of halogens is 3. The normalized spacial score (nSPS) is 11.9. The minimum atomic E-state index is -4.57. The van der Waals surface area contributed by atoms with Crippen molar-refractivity contribution in [3.63, 3.8) is 0 Å². The Morgan fingerprint density at radius 2 is 1.96 bits per heavy atom. The van der Waals surface area contributed by atoms with Gasteiger partial charge in [-0.3, -0.25) is 14.2 Å². The van der Waals surface area contributed by atoms with E-state index < -0.39 is 42.9 Å². The number of H-pyrrole nitrogens is 1. The summed E-state index contributed by atoms with van der Waals surface area (Å²) >= 11 is 0. The number of alkyl halides is 3. The van der Waals surface area contributed by atoms with Crippen LogP contribution in [-0.4, -0.2) is 50.2 Å². The van der Waals surface area contributed by atoms with Gasteiger partial charge in [-0.1, -0.05) is 0 Å². The van der Waals surface area contributed by atoms with Crippen molar-refractivity contribution in [3.05, 3.63) is 34.2 Å². The van der Waals surface area contributed by atoms with Crippen LogP contribution < -0.4 is 5.69 Å². The molecule has 7 nitrogen and oxygen atoms in total. The maximum absolute atomic E-state index is 12.6. The van der Waals surface area contributed by atoms with Gasteiger partial charge in [0.1, 0.15) is 13.1 Å². The number of amides is 1. The smallest absolute Gasteiger partial charge is 0.406 e. The van der Waals surface area contributed by atoms with Gasteiger partial charge in [-0.05, 0) is 32.0 Å². The number of carboxylic acid groups (broad SMARTS) is 1. The summed E-state index contributed by atoms with van der Waals surface area (Å²) in [6.07, 6.45) is -4.57. The molecule has 0 spiro atoms. The monoisotopic (exact) mass is 359 g/mol. The zero-order chi connectivity index (χ0) is 18.9. The molecule has 0 aliphatic carbocycles. The van der Waals surface area contributed by atoms with Crippen molar-refractivity contribution in [1.29, 1.82) is 0 Å². The van der Waals surface area contributed by atoms with E-state index >= 15 is 0 Å². The van der Waals surface area contributed by atoms with Crippen LogP contribution in [0.1, 0.15) is 24.2 Å². The van der Waals surface area contributed by atoms with E-state index in [1.807, 2.05) is 0 Å². The second kappa shape index (κ2) is 6.61. The lowest BCUT2D eigenvalue weighted by molar-refractivity contribution is -0.140. The molecule has 2 N–H and O–H groups in total. The number of aromatic amines is 1. The highest BCUT2D eigenvalue weighted by Gasteiger charge is 2.30. The third-order valence-corrected chi connectivity index (χ3v) is 3.55. The number of hydrogen-bond acceptors (Lipinski definition) is 3. The van der Waals surface area contributed by atoms with Gasteiger partial charge in [0.15, 0.2) is 0 Å². The lowest BCUT2D eigenvalue weighted by Crippen LogP contribution is -2.40. The molecule has 1 amide bonds. The average Bonchev–Trinajstić information content (AvgIpc) is 2.77. The molecule has 136 valence electrons. The van der Waals surface area contributed by atoms with Crippen molar-refractivity contribution in [1.82, 2.24) is 14.5 Å². The van der Waals surface area contributed by atoms with Crippen molar-refractivity contribution >= 4 is 22.9 Å². The average molecular weight is 359 g/mol. The second-order valence-corrected chi connectivity index (χ2v) is 5.78. The van der Waals surface area contributed by atoms with Gasteiger partial charge in [0.2, 0.25) is 0 Å². The summed E-state index contributed by atoms with van der Waals surface area (Å²) in [5, 5.41) is 8.90. The molecule has 1 aromatic heterocycles. The highest BCUT2D eigenvalue weighted by Crippen LogP contribution is 2.21. The molecule has 0 atom stereocenters. The molecule has 0 fully saturated rings. The Morgan fingerprint density at radius 3 is 2.48 bits per heavy atom. The summed E-state index contributed by atoms with van der Waals surface area (Å²) in [4.78, 5) is 38.5. The molecular formula is C15H16F3N3O4. The lowest BCUT2D eigenvalue weighted by Gasteiger charge is -2.24. The molecule has 0 bridgehead atoms. The molecule has 25 heavy (non-hydrogen) atoms. The predicted molar refractivity (Wildman–Crippen MR) is 82.4 cm³/mol. The van der Waals surface area contributed by atoms with E-state index in [1.54, 1.807) is 13.8 Å². The van der Waals surface area contributed by atoms with Crippen LogP contribution in [0.25, 0.3) is 11.0 Å². The van der Waals surface area contributed by atoms with Crippen LogP contribution in [0.5, 0.6) is 0 Å². The predicted octanol–water partition coefficient (Wildman–Crippen LogP) is 1.83. The van der Waals surface area contributed by atoms with E-state index in [-0.39, 0.29) is 16.6 Å². The topological polar surface area (TPSA) is 95.4 Å². The van der Waals surface area contributed by atoms with Crippen molar-refractivity contribution in [2.45, 2.75) is 32.6 Å². The van der Waals surface area contributed by atoms with Crippen LogP contribution in [0.3, 0.4) is 0 Å². The van der Waals surface area contributed by atoms with Gasteiger partial charge in [-0.25, -0.2) is 4.79 Å². The van der Waals surface area contributed by atoms with Gasteiger partial charge in [-0.15, -0.1) is 0 Å². The fraction of sp³-hybridized carbons (Fsp3) is 0.400. The number of nitrogens with one attached hydrogen (secondary N) is 1. The van der Waals surface area contributed by atoms with E-state index in [1.165, 1.54) is 18.2 Å². The SMILES string of the molecule is CC(C)N(CC(=O)O)C(=O)c1ccc2c(c1)[nH]c(=O)n2CC(F)(F)F. The minimum Gasteiger partial charge on any atom is -0.480 e. The number of carbonyl (C=O) groups is 2. The minimum absolute atomic E-state index is 0.00760. The highest BCUT2D eigenvalue weighted by atomic mass is 19.4. The summed E-state index contributed by atoms with van der Waals surface area (Å²) in [6, 6.07) is 3.34. The number of carbonyl (C=O) groups excluding carboxylic acids is 1. The largest absolute Gasteiger partial charge is 0.480 e. The van der Waals surface area contributed by atoms with Crippen LogP contribution in [0.15, 0.2) is 23.0 Å². The summed E-state index contributed by atoms with van der Waals surface area (Å²) < 4.78 is 38.2. The van der Waals surface area contributed by atoms with Crippen LogP contribution >= 0.6 is 0 Å². The van der Waals surface area contributed by atoms with E-state index in [4.69, 9.17) is 5.11 Å². The Bertz CT molecular complexity index is 867. The first-order valence-corrected chi connectivity index (χ1v) is 7.31. The van der Waals surface area contributed by atoms with Gasteiger partial charge in [0.25, 0.3) is 5.91 Å². The van der Waals surface area contributed by atoms with E-state index in [0.29, 0.717) is 4.57 Å². The maximum Gasteiger partial charge on any atom is 0.406 e. The zero-order valence-electron chi connectivity index (χ0n) is 13.4. The van der Waals surface area contributed by atoms with Gasteiger partial charge in [0.05, 0.1) is 11.0 Å². The molecule has 0 unspecified atom stereocenters. The van der Waals surface area contributed by atoms with Crippen molar-refractivity contribution in [2.24, 2.45) is 0 Å². The summed E-state index contributed by atoms with van der Waals surface area (Å²) in [5.74, 6) is -1.78. The summed E-state index contributed by atoms with van der Waals surface area (Å²) in [5.41, 5.74) is -0.793. The van der Waals surface area contributed by atoms with Crippen molar-refractivity contribution in [2.75, 3.05) is 6.54 Å². The van der Waals surface area contributed by atoms with Gasteiger partial charge in [-0.2, -0.15) is 13.2 Å². The number of fused-ring (bicyclic) bond motifs is 1. The van der Waals surface area contributed by atoms with Crippen LogP contribution in [0, 0.1) is 0 Å². The third-order valence-electron chi connectivity index (χ3n) is 3.55. The molecule has 0 radical (unpaired) electrons. The molecule has 0 aliphatic rings. The van der Waals surface area contributed by atoms with Crippen molar-refractivity contribution < 1.29 is 27.9 Å². The standard InChI is InChI=1S/C15H16F3N3O4/c1-8(2)20(6-12(22)23)13(24)9-3-4-11-10(5-9)19-14(25)21(11)7-15(16,17)18/h3-5,8H,6-7H2,1-2H3,(H,19,25)(H,22,23). The van der Waals surface area contributed by atoms with Gasteiger partial charge < -0.3 is 15.0 Å². The van der Waals surface area contributed by atoms with Gasteiger partial charge >= 0.3 is 17.8 Å². The molecule has 0 saturated carbocycles. The Morgan fingerprint density at radius 1 is 1.32 bits per heavy atom. The Labute approximate surface area is 139 Å². The first kappa shape index (κ1) is 18.6. The van der Waals surface area contributed by atoms with E-state index in [0.717, 1.165) is 4.90 Å². The number of hydrogen-bond donors (Lipinski definition) is 2. The number of rotatable bonds is 5. The molecule has 10 heteroatoms. The fourth-order valence-electron chi connectivity index (χ4n) is 2.43. The Hall–Kier alpha value is -2.78. The van der Waals surface area contributed by atoms with Crippen molar-refractivity contribution in [3.8, 4) is 0 Å². The number of aromatic nitrogens is 2. The molecule has 0 saturated heterocycles. The zero-order valence-corrected chi connectivity index (χ0v) is 13.4. The van der Waals surface area contributed by atoms with E-state index in [9.17, 15) is 27.6 Å². The molecular weight excluding hydrogens is 343 g/mol. The summed E-state index contributed by atoms with van der Waals surface area (Å²) in [7, 11) is 0. The lowest BCUT2D eigenvalue weighted by atomic mass is 10.1. The Balaban J connectivity index is 2.43. The molecule has 1 heterocycles. The fourth-order valence-corrected chi connectivity index (χ4v) is 2.43. The third kappa shape index (κ3) is 4.20. The molecule has 2 rings (SSSR count). The van der Waals surface area contributed by atoms with Crippen LogP contribution in [0.4, 0.5) is 13.2 Å². The van der Waals surface area contributed by atoms with Crippen LogP contribution in [0.2, 0.25) is 0 Å². The maximum atomic E-state index is 12.6. The van der Waals surface area contributed by atoms with Gasteiger partial charge in [0, 0.05) is 11.6 Å². The van der Waals surface area contributed by atoms with Crippen LogP contribution in [-0.2, 0) is 11.3 Å². The molecule has 0 aliphatic heterocycles. The second-order valence-electron chi connectivity index (χ2n) is 5.78. The first-order valence-electron chi connectivity index (χ1n) is 7.31. The first-order chi connectivity index (χ1) is 11.5. The molecule has 2 aromatic rings. The summed E-state index contributed by atoms with van der Waals surface area (Å²) in [6.45, 7) is 1.32.